The Labute approximate surface area is 166 Å². The van der Waals surface area contributed by atoms with Crippen molar-refractivity contribution in [2.45, 2.75) is 117 Å². The third kappa shape index (κ3) is 14.4. The van der Waals surface area contributed by atoms with Gasteiger partial charge in [0, 0.05) is 31.2 Å². The standard InChI is InChI=1S/C22H41NO4/c1-9-10-18(24)12-15-22(23,14-11-17(2)26-20(3,4)5)16-13-19(25)27-21(6,7)8/h2,9-16,23H2,1,3-8H3. The van der Waals surface area contributed by atoms with Crippen molar-refractivity contribution in [1.29, 1.82) is 0 Å². The maximum Gasteiger partial charge on any atom is 0.306 e. The minimum Gasteiger partial charge on any atom is -0.493 e. The predicted molar refractivity (Wildman–Crippen MR) is 110 cm³/mol. The average molecular weight is 384 g/mol. The number of allylic oxidation sites excluding steroid dienone is 1. The normalized spacial score (nSPS) is 14.4. The fraction of sp³-hybridized carbons (Fsp3) is 0.818. The molecule has 1 atom stereocenters. The van der Waals surface area contributed by atoms with Crippen LogP contribution < -0.4 is 5.73 Å². The van der Waals surface area contributed by atoms with E-state index in [1.807, 2.05) is 48.5 Å². The van der Waals surface area contributed by atoms with Crippen molar-refractivity contribution in [3.8, 4) is 0 Å². The Balaban J connectivity index is 4.85. The van der Waals surface area contributed by atoms with E-state index in [1.54, 1.807) is 0 Å². The Hall–Kier alpha value is -1.36. The first-order chi connectivity index (χ1) is 12.2. The molecule has 0 aromatic rings. The van der Waals surface area contributed by atoms with Crippen LogP contribution in [0.1, 0.15) is 99.8 Å². The monoisotopic (exact) mass is 383 g/mol. The van der Waals surface area contributed by atoms with Crippen LogP contribution in [-0.4, -0.2) is 28.5 Å². The molecule has 0 rings (SSSR count). The highest BCUT2D eigenvalue weighted by atomic mass is 16.6. The first-order valence-electron chi connectivity index (χ1n) is 10.0. The zero-order chi connectivity index (χ0) is 21.3. The van der Waals surface area contributed by atoms with Crippen LogP contribution in [0.2, 0.25) is 0 Å². The zero-order valence-corrected chi connectivity index (χ0v) is 18.6. The number of rotatable bonds is 12. The molecule has 0 saturated heterocycles. The van der Waals surface area contributed by atoms with E-state index >= 15 is 0 Å². The maximum atomic E-state index is 12.1. The van der Waals surface area contributed by atoms with Gasteiger partial charge in [0.1, 0.15) is 17.0 Å². The molecule has 0 aromatic heterocycles. The molecule has 0 amide bonds. The van der Waals surface area contributed by atoms with E-state index in [-0.39, 0.29) is 23.8 Å². The van der Waals surface area contributed by atoms with Gasteiger partial charge < -0.3 is 15.2 Å². The molecule has 27 heavy (non-hydrogen) atoms. The number of carbonyl (C=O) groups excluding carboxylic acids is 2. The van der Waals surface area contributed by atoms with Crippen LogP contribution in [0.3, 0.4) is 0 Å². The molecule has 0 aliphatic carbocycles. The van der Waals surface area contributed by atoms with Gasteiger partial charge in [-0.25, -0.2) is 0 Å². The van der Waals surface area contributed by atoms with E-state index in [1.165, 1.54) is 0 Å². The van der Waals surface area contributed by atoms with Crippen molar-refractivity contribution in [1.82, 2.24) is 0 Å². The summed E-state index contributed by atoms with van der Waals surface area (Å²) in [4.78, 5) is 24.0. The number of nitrogens with two attached hydrogens (primary N) is 1. The second kappa shape index (κ2) is 10.8. The van der Waals surface area contributed by atoms with Gasteiger partial charge in [-0.2, -0.15) is 0 Å². The highest BCUT2D eigenvalue weighted by molar-refractivity contribution is 5.78. The molecular formula is C22H41NO4. The summed E-state index contributed by atoms with van der Waals surface area (Å²) in [5, 5.41) is 0. The molecule has 0 radical (unpaired) electrons. The van der Waals surface area contributed by atoms with Gasteiger partial charge in [0.25, 0.3) is 0 Å². The van der Waals surface area contributed by atoms with Crippen LogP contribution in [0.5, 0.6) is 0 Å². The van der Waals surface area contributed by atoms with E-state index in [9.17, 15) is 9.59 Å². The summed E-state index contributed by atoms with van der Waals surface area (Å²) >= 11 is 0. The van der Waals surface area contributed by atoms with E-state index in [0.29, 0.717) is 44.3 Å². The van der Waals surface area contributed by atoms with Crippen LogP contribution in [0, 0.1) is 0 Å². The first kappa shape index (κ1) is 25.6. The van der Waals surface area contributed by atoms with Crippen molar-refractivity contribution >= 4 is 11.8 Å². The Kier molecular flexibility index (Phi) is 10.3. The van der Waals surface area contributed by atoms with E-state index in [0.717, 1.165) is 6.42 Å². The highest BCUT2D eigenvalue weighted by Gasteiger charge is 2.28. The maximum absolute atomic E-state index is 12.1. The lowest BCUT2D eigenvalue weighted by Gasteiger charge is -2.31. The predicted octanol–water partition coefficient (Wildman–Crippen LogP) is 5.06. The molecule has 0 aromatic carbocycles. The van der Waals surface area contributed by atoms with Crippen LogP contribution in [-0.2, 0) is 19.1 Å². The summed E-state index contributed by atoms with van der Waals surface area (Å²) in [6, 6.07) is 0. The largest absolute Gasteiger partial charge is 0.493 e. The fourth-order valence-electron chi connectivity index (χ4n) is 2.78. The van der Waals surface area contributed by atoms with Gasteiger partial charge in [-0.05, 0) is 67.2 Å². The van der Waals surface area contributed by atoms with Gasteiger partial charge in [-0.15, -0.1) is 0 Å². The summed E-state index contributed by atoms with van der Waals surface area (Å²) in [5.41, 5.74) is 5.17. The third-order valence-corrected chi connectivity index (χ3v) is 4.03. The Morgan fingerprint density at radius 2 is 1.30 bits per heavy atom. The van der Waals surface area contributed by atoms with Crippen molar-refractivity contribution in [2.75, 3.05) is 0 Å². The minimum absolute atomic E-state index is 0.217. The number of hydrogen-bond acceptors (Lipinski definition) is 5. The van der Waals surface area contributed by atoms with Crippen molar-refractivity contribution in [2.24, 2.45) is 5.73 Å². The Bertz CT molecular complexity index is 465. The molecule has 0 aliphatic heterocycles. The Morgan fingerprint density at radius 1 is 0.815 bits per heavy atom. The number of Topliss-reactive ketones (excluding diaryl/α,β-unsaturated/α-hetero) is 1. The topological polar surface area (TPSA) is 78.6 Å². The van der Waals surface area contributed by atoms with Gasteiger partial charge in [0.15, 0.2) is 0 Å². The third-order valence-electron chi connectivity index (χ3n) is 4.03. The Morgan fingerprint density at radius 3 is 1.78 bits per heavy atom. The highest BCUT2D eigenvalue weighted by Crippen LogP contribution is 2.27. The molecular weight excluding hydrogens is 342 g/mol. The number of hydrogen-bond donors (Lipinski definition) is 1. The van der Waals surface area contributed by atoms with Gasteiger partial charge in [-0.3, -0.25) is 9.59 Å². The molecule has 0 bridgehead atoms. The lowest BCUT2D eigenvalue weighted by atomic mass is 9.83. The van der Waals surface area contributed by atoms with Gasteiger partial charge in [0.05, 0.1) is 5.76 Å². The summed E-state index contributed by atoms with van der Waals surface area (Å²) < 4.78 is 11.2. The minimum atomic E-state index is -0.621. The van der Waals surface area contributed by atoms with Crippen LogP contribution in [0.4, 0.5) is 0 Å². The van der Waals surface area contributed by atoms with E-state index in [4.69, 9.17) is 15.2 Å². The van der Waals surface area contributed by atoms with Crippen molar-refractivity contribution < 1.29 is 19.1 Å². The van der Waals surface area contributed by atoms with Crippen LogP contribution in [0.15, 0.2) is 12.3 Å². The fourth-order valence-corrected chi connectivity index (χ4v) is 2.78. The zero-order valence-electron chi connectivity index (χ0n) is 18.6. The first-order valence-corrected chi connectivity index (χ1v) is 10.0. The SMILES string of the molecule is C=C(CCC(N)(CCC(=O)CCC)CCC(=O)OC(C)(C)C)OC(C)(C)C. The van der Waals surface area contributed by atoms with E-state index in [2.05, 4.69) is 6.58 Å². The number of ketones is 1. The molecule has 2 N–H and O–H groups in total. The average Bonchev–Trinajstić information content (AvgIpc) is 2.46. The number of carbonyl (C=O) groups is 2. The lowest BCUT2D eigenvalue weighted by molar-refractivity contribution is -0.155. The van der Waals surface area contributed by atoms with Crippen molar-refractivity contribution in [3.05, 3.63) is 12.3 Å². The van der Waals surface area contributed by atoms with Gasteiger partial charge in [0.2, 0.25) is 0 Å². The van der Waals surface area contributed by atoms with Gasteiger partial charge in [-0.1, -0.05) is 13.5 Å². The molecule has 5 heteroatoms. The second-order valence-electron chi connectivity index (χ2n) is 9.49. The van der Waals surface area contributed by atoms with Crippen molar-refractivity contribution in [3.63, 3.8) is 0 Å². The molecule has 0 saturated carbocycles. The molecule has 5 nitrogen and oxygen atoms in total. The summed E-state index contributed by atoms with van der Waals surface area (Å²) in [6.45, 7) is 17.4. The quantitative estimate of drug-likeness (QED) is 0.376. The van der Waals surface area contributed by atoms with Crippen LogP contribution in [0.25, 0.3) is 0 Å². The van der Waals surface area contributed by atoms with Gasteiger partial charge >= 0.3 is 5.97 Å². The number of esters is 1. The smallest absolute Gasteiger partial charge is 0.306 e. The van der Waals surface area contributed by atoms with Crippen LogP contribution >= 0.6 is 0 Å². The summed E-state index contributed by atoms with van der Waals surface area (Å²) in [7, 11) is 0. The van der Waals surface area contributed by atoms with E-state index < -0.39 is 11.1 Å². The summed E-state index contributed by atoms with van der Waals surface area (Å²) in [6.07, 6.45) is 4.33. The second-order valence-corrected chi connectivity index (χ2v) is 9.49. The number of ether oxygens (including phenoxy) is 2. The molecule has 0 heterocycles. The molecule has 158 valence electrons. The lowest BCUT2D eigenvalue weighted by Crippen LogP contribution is -2.41. The molecule has 0 aliphatic rings. The molecule has 1 unspecified atom stereocenters. The molecule has 0 spiro atoms. The summed E-state index contributed by atoms with van der Waals surface area (Å²) in [5.74, 6) is 0.630. The molecule has 0 fully saturated rings.